The molecule has 0 radical (unpaired) electrons. The van der Waals surface area contributed by atoms with Gasteiger partial charge in [0.25, 0.3) is 0 Å². The molecule has 0 saturated carbocycles. The number of hydrogen-bond acceptors (Lipinski definition) is 1. The molecule has 0 aromatic heterocycles. The van der Waals surface area contributed by atoms with Crippen LogP contribution in [0, 0.1) is 0 Å². The summed E-state index contributed by atoms with van der Waals surface area (Å²) < 4.78 is 8.74. The summed E-state index contributed by atoms with van der Waals surface area (Å²) in [6.45, 7) is 0. The van der Waals surface area contributed by atoms with Gasteiger partial charge in [-0.3, -0.25) is 4.46 Å². The topological polar surface area (TPSA) is 57.5 Å². The predicted octanol–water partition coefficient (Wildman–Crippen LogP) is -3.18. The molecule has 0 amide bonds. The minimum atomic E-state index is -3.13. The monoisotopic (exact) mass is 128 g/mol. The van der Waals surface area contributed by atoms with Gasteiger partial charge in [0, 0.05) is 0 Å². The molecule has 0 heterocycles. The van der Waals surface area contributed by atoms with E-state index in [1.54, 1.807) is 0 Å². The van der Waals surface area contributed by atoms with Crippen LogP contribution in [-0.4, -0.2) is 71.4 Å². The van der Waals surface area contributed by atoms with Crippen molar-refractivity contribution in [3.63, 3.8) is 0 Å². The van der Waals surface area contributed by atoms with Crippen molar-refractivity contribution in [2.75, 3.05) is 0 Å². The fourth-order valence-electron chi connectivity index (χ4n) is 0. The molecule has 0 aromatic rings. The van der Waals surface area contributed by atoms with Crippen molar-refractivity contribution in [2.24, 2.45) is 0 Å². The summed E-state index contributed by atoms with van der Waals surface area (Å²) in [6, 6.07) is 0. The van der Waals surface area contributed by atoms with E-state index in [1.807, 2.05) is 0 Å². The summed E-state index contributed by atoms with van der Waals surface area (Å²) >= 11 is 0. The van der Waals surface area contributed by atoms with Crippen molar-refractivity contribution in [1.29, 1.82) is 0 Å². The van der Waals surface area contributed by atoms with E-state index in [9.17, 15) is 0 Å². The van der Waals surface area contributed by atoms with Crippen LogP contribution in [0.1, 0.15) is 0 Å². The van der Waals surface area contributed by atoms with Crippen LogP contribution in [0.2, 0.25) is 0 Å². The predicted molar refractivity (Wildman–Crippen MR) is 26.6 cm³/mol. The van der Waals surface area contributed by atoms with Crippen molar-refractivity contribution in [3.8, 4) is 0 Å². The van der Waals surface area contributed by atoms with Crippen LogP contribution in [0.3, 0.4) is 0 Å². The van der Waals surface area contributed by atoms with Gasteiger partial charge in [-0.1, -0.05) is 0 Å². The van der Waals surface area contributed by atoms with Gasteiger partial charge in [-0.25, -0.2) is 0 Å². The second-order valence-corrected chi connectivity index (χ2v) is 0.848. The molecule has 0 rings (SSSR count). The molecule has 0 aliphatic rings. The van der Waals surface area contributed by atoms with Crippen LogP contribution in [0.4, 0.5) is 0 Å². The molecule has 0 spiro atoms. The Bertz CT molecular complexity index is 33.8. The first-order valence-electron chi connectivity index (χ1n) is 0.651. The zero-order valence-electron chi connectivity index (χ0n) is 1.80. The van der Waals surface area contributed by atoms with E-state index in [4.69, 9.17) is 14.1 Å². The third kappa shape index (κ3) is 54.1. The van der Waals surface area contributed by atoms with E-state index >= 15 is 0 Å². The summed E-state index contributed by atoms with van der Waals surface area (Å²) in [5.74, 6) is 0. The molecule has 3 nitrogen and oxygen atoms in total. The fraction of sp³-hybridized carbons (Fsp3) is 0. The standard InChI is InChI=1S/Mg.Na.H2O3Si.3H/c;;1-4(2)3;;;/h;;1-2H;;;. The Kier molecular flexibility index (Phi) is 25.1. The van der Waals surface area contributed by atoms with E-state index < -0.39 is 9.17 Å². The number of rotatable bonds is 0. The molecule has 0 aromatic carbocycles. The van der Waals surface area contributed by atoms with Gasteiger partial charge < -0.3 is 9.59 Å². The van der Waals surface area contributed by atoms with E-state index in [-0.39, 0.29) is 52.6 Å². The van der Waals surface area contributed by atoms with Crippen LogP contribution in [0.15, 0.2) is 0 Å². The van der Waals surface area contributed by atoms with Crippen molar-refractivity contribution in [3.05, 3.63) is 0 Å². The summed E-state index contributed by atoms with van der Waals surface area (Å²) in [5, 5.41) is 0. The molecule has 0 saturated heterocycles. The Morgan fingerprint density at radius 3 is 1.33 bits per heavy atom. The van der Waals surface area contributed by atoms with Gasteiger partial charge in [-0.2, -0.15) is 0 Å². The molecule has 6 heavy (non-hydrogen) atoms. The summed E-state index contributed by atoms with van der Waals surface area (Å²) in [5.41, 5.74) is 0. The Balaban J connectivity index is -0.0000000450. The molecule has 6 heteroatoms. The Morgan fingerprint density at radius 1 is 1.33 bits per heavy atom. The van der Waals surface area contributed by atoms with Crippen molar-refractivity contribution < 1.29 is 14.1 Å². The van der Waals surface area contributed by atoms with E-state index in [2.05, 4.69) is 0 Å². The Labute approximate surface area is 75.1 Å². The van der Waals surface area contributed by atoms with Crippen molar-refractivity contribution in [1.82, 2.24) is 0 Å². The zero-order valence-corrected chi connectivity index (χ0v) is 2.80. The maximum atomic E-state index is 8.74. The second kappa shape index (κ2) is 9.63. The Hall–Kier alpha value is 1.38. The molecule has 0 aliphatic heterocycles. The molecule has 0 unspecified atom stereocenters. The van der Waals surface area contributed by atoms with Crippen LogP contribution in [0.5, 0.6) is 0 Å². The van der Waals surface area contributed by atoms with Gasteiger partial charge in [-0.05, 0) is 0 Å². The van der Waals surface area contributed by atoms with Crippen molar-refractivity contribution in [2.45, 2.75) is 0 Å². The molecule has 30 valence electrons. The first-order chi connectivity index (χ1) is 1.73. The molecule has 0 bridgehead atoms. The van der Waals surface area contributed by atoms with E-state index in [1.165, 1.54) is 0 Å². The Morgan fingerprint density at radius 2 is 1.33 bits per heavy atom. The van der Waals surface area contributed by atoms with Gasteiger partial charge in [0.1, 0.15) is 0 Å². The molecule has 0 atom stereocenters. The molecule has 0 fully saturated rings. The summed E-state index contributed by atoms with van der Waals surface area (Å²) in [6.07, 6.45) is 0. The zero-order chi connectivity index (χ0) is 3.58. The van der Waals surface area contributed by atoms with E-state index in [0.29, 0.717) is 0 Å². The third-order valence-corrected chi connectivity index (χ3v) is 0. The molecule has 0 aliphatic carbocycles. The van der Waals surface area contributed by atoms with Gasteiger partial charge in [0.15, 0.2) is 0 Å². The van der Waals surface area contributed by atoms with Crippen LogP contribution >= 0.6 is 0 Å². The molecular weight excluding hydrogens is 123 g/mol. The first kappa shape index (κ1) is 15.7. The molecular formula is H5MgNaO3Si. The van der Waals surface area contributed by atoms with Gasteiger partial charge >= 0.3 is 61.8 Å². The third-order valence-electron chi connectivity index (χ3n) is 0. The van der Waals surface area contributed by atoms with Crippen molar-refractivity contribution >= 4 is 61.8 Å². The first-order valence-corrected chi connectivity index (χ1v) is 1.95. The van der Waals surface area contributed by atoms with Gasteiger partial charge in [-0.15, -0.1) is 0 Å². The average Bonchev–Trinajstić information content (AvgIpc) is 0.811. The molecule has 2 N–H and O–H groups in total. The van der Waals surface area contributed by atoms with E-state index in [0.717, 1.165) is 0 Å². The average molecular weight is 128 g/mol. The SMILES string of the molecule is O=[Si](O)O.[MgH2].[NaH]. The summed E-state index contributed by atoms with van der Waals surface area (Å²) in [7, 11) is -3.13. The maximum absolute atomic E-state index is 8.74. The van der Waals surface area contributed by atoms with Crippen LogP contribution < -0.4 is 0 Å². The fourth-order valence-corrected chi connectivity index (χ4v) is 0. The minimum absolute atomic E-state index is 0. The van der Waals surface area contributed by atoms with Gasteiger partial charge in [0.05, 0.1) is 0 Å². The normalized spacial score (nSPS) is 4.00. The van der Waals surface area contributed by atoms with Crippen LogP contribution in [0.25, 0.3) is 0 Å². The van der Waals surface area contributed by atoms with Gasteiger partial charge in [0.2, 0.25) is 0 Å². The quantitative estimate of drug-likeness (QED) is 0.338. The second-order valence-electron chi connectivity index (χ2n) is 0.283. The summed E-state index contributed by atoms with van der Waals surface area (Å²) in [4.78, 5) is 14.3. The number of hydrogen-bond donors (Lipinski definition) is 2. The van der Waals surface area contributed by atoms with Crippen LogP contribution in [-0.2, 0) is 4.46 Å².